The smallest absolute Gasteiger partial charge is 0.330 e. The van der Waals surface area contributed by atoms with E-state index in [9.17, 15) is 9.59 Å². The second kappa shape index (κ2) is 10.5. The summed E-state index contributed by atoms with van der Waals surface area (Å²) in [5.41, 5.74) is -0.264. The highest BCUT2D eigenvalue weighted by molar-refractivity contribution is 5.83. The van der Waals surface area contributed by atoms with E-state index in [1.807, 2.05) is 13.8 Å². The monoisotopic (exact) mass is 338 g/mol. The molecule has 2 unspecified atom stereocenters. The Morgan fingerprint density at radius 2 is 1.54 bits per heavy atom. The van der Waals surface area contributed by atoms with Gasteiger partial charge >= 0.3 is 11.9 Å². The Kier molecular flexibility index (Phi) is 9.09. The normalized spacial score (nSPS) is 21.8. The second-order valence-electron chi connectivity index (χ2n) is 7.52. The number of carboxylic acids is 1. The van der Waals surface area contributed by atoms with Crippen LogP contribution in [-0.4, -0.2) is 23.7 Å². The van der Waals surface area contributed by atoms with Crippen molar-refractivity contribution in [2.45, 2.75) is 78.6 Å². The SMILES string of the molecule is CCCCCCCCCCCOC(=O)C=CC1C(C(=O)O)C1(C)C. The minimum Gasteiger partial charge on any atom is -0.481 e. The zero-order chi connectivity index (χ0) is 18.0. The number of rotatable bonds is 13. The molecule has 1 N–H and O–H groups in total. The number of aliphatic carboxylic acids is 1. The molecule has 0 amide bonds. The number of hydrogen-bond acceptors (Lipinski definition) is 3. The molecule has 0 aromatic rings. The molecule has 0 aromatic carbocycles. The molecule has 0 saturated heterocycles. The van der Waals surface area contributed by atoms with Gasteiger partial charge in [-0.05, 0) is 17.8 Å². The van der Waals surface area contributed by atoms with Crippen LogP contribution in [-0.2, 0) is 14.3 Å². The van der Waals surface area contributed by atoms with Gasteiger partial charge < -0.3 is 9.84 Å². The van der Waals surface area contributed by atoms with Gasteiger partial charge in [0.05, 0.1) is 12.5 Å². The summed E-state index contributed by atoms with van der Waals surface area (Å²) in [5.74, 6) is -1.62. The van der Waals surface area contributed by atoms with Gasteiger partial charge in [-0.25, -0.2) is 4.79 Å². The maximum Gasteiger partial charge on any atom is 0.330 e. The first-order chi connectivity index (χ1) is 11.4. The summed E-state index contributed by atoms with van der Waals surface area (Å²) in [6.07, 6.45) is 14.2. The Labute approximate surface area is 146 Å². The van der Waals surface area contributed by atoms with Crippen molar-refractivity contribution in [2.24, 2.45) is 17.3 Å². The lowest BCUT2D eigenvalue weighted by molar-refractivity contribution is -0.140. The Bertz CT molecular complexity index is 425. The molecule has 0 aromatic heterocycles. The molecule has 1 aliphatic carbocycles. The highest BCUT2D eigenvalue weighted by Crippen LogP contribution is 2.59. The average Bonchev–Trinajstić information content (AvgIpc) is 3.08. The molecule has 0 bridgehead atoms. The van der Waals surface area contributed by atoms with Crippen LogP contribution in [0.2, 0.25) is 0 Å². The summed E-state index contributed by atoms with van der Waals surface area (Å²) in [5, 5.41) is 9.08. The number of hydrogen-bond donors (Lipinski definition) is 1. The molecule has 1 aliphatic rings. The van der Waals surface area contributed by atoms with Crippen LogP contribution in [0.15, 0.2) is 12.2 Å². The lowest BCUT2D eigenvalue weighted by Gasteiger charge is -2.03. The Hall–Kier alpha value is -1.32. The van der Waals surface area contributed by atoms with E-state index in [1.54, 1.807) is 6.08 Å². The predicted molar refractivity (Wildman–Crippen MR) is 95.7 cm³/mol. The average molecular weight is 338 g/mol. The highest BCUT2D eigenvalue weighted by Gasteiger charge is 2.60. The first kappa shape index (κ1) is 20.7. The third-order valence-corrected chi connectivity index (χ3v) is 5.11. The van der Waals surface area contributed by atoms with Crippen LogP contribution in [0.25, 0.3) is 0 Å². The molecule has 0 spiro atoms. The van der Waals surface area contributed by atoms with Gasteiger partial charge in [0.2, 0.25) is 0 Å². The summed E-state index contributed by atoms with van der Waals surface area (Å²) >= 11 is 0. The minimum atomic E-state index is -0.794. The fraction of sp³-hybridized carbons (Fsp3) is 0.800. The minimum absolute atomic E-state index is 0.0738. The quantitative estimate of drug-likeness (QED) is 0.292. The molecule has 0 aliphatic heterocycles. The number of carbonyl (C=O) groups excluding carboxylic acids is 1. The summed E-state index contributed by atoms with van der Waals surface area (Å²) in [6.45, 7) is 6.50. The third-order valence-electron chi connectivity index (χ3n) is 5.11. The first-order valence-electron chi connectivity index (χ1n) is 9.49. The zero-order valence-electron chi connectivity index (χ0n) is 15.6. The van der Waals surface area contributed by atoms with Gasteiger partial charge in [0, 0.05) is 6.08 Å². The van der Waals surface area contributed by atoms with E-state index in [4.69, 9.17) is 9.84 Å². The van der Waals surface area contributed by atoms with E-state index in [1.165, 1.54) is 51.0 Å². The van der Waals surface area contributed by atoms with Gasteiger partial charge in [0.15, 0.2) is 0 Å². The Morgan fingerprint density at radius 3 is 2.04 bits per heavy atom. The molecule has 138 valence electrons. The van der Waals surface area contributed by atoms with Crippen molar-refractivity contribution in [3.8, 4) is 0 Å². The van der Waals surface area contributed by atoms with Crippen molar-refractivity contribution in [2.75, 3.05) is 6.61 Å². The van der Waals surface area contributed by atoms with E-state index >= 15 is 0 Å². The van der Waals surface area contributed by atoms with Crippen molar-refractivity contribution >= 4 is 11.9 Å². The van der Waals surface area contributed by atoms with Gasteiger partial charge in [-0.15, -0.1) is 0 Å². The molecule has 2 atom stereocenters. The standard InChI is InChI=1S/C20H34O4/c1-4-5-6-7-8-9-10-11-12-15-24-17(21)14-13-16-18(19(22)23)20(16,2)3/h13-14,16,18H,4-12,15H2,1-3H3,(H,22,23). The lowest BCUT2D eigenvalue weighted by Crippen LogP contribution is -2.03. The van der Waals surface area contributed by atoms with Gasteiger partial charge in [-0.3, -0.25) is 4.79 Å². The number of carboxylic acid groups (broad SMARTS) is 1. The summed E-state index contributed by atoms with van der Waals surface area (Å²) in [7, 11) is 0. The van der Waals surface area contributed by atoms with Crippen LogP contribution in [0.5, 0.6) is 0 Å². The Balaban J connectivity index is 2.01. The first-order valence-corrected chi connectivity index (χ1v) is 9.49. The lowest BCUT2D eigenvalue weighted by atomic mass is 10.1. The molecule has 24 heavy (non-hydrogen) atoms. The number of carbonyl (C=O) groups is 2. The summed E-state index contributed by atoms with van der Waals surface area (Å²) < 4.78 is 5.17. The summed E-state index contributed by atoms with van der Waals surface area (Å²) in [6, 6.07) is 0. The highest BCUT2D eigenvalue weighted by atomic mass is 16.5. The van der Waals surface area contributed by atoms with E-state index < -0.39 is 5.97 Å². The third kappa shape index (κ3) is 7.06. The maximum atomic E-state index is 11.6. The van der Waals surface area contributed by atoms with E-state index in [-0.39, 0.29) is 23.2 Å². The molecular formula is C20H34O4. The van der Waals surface area contributed by atoms with Gasteiger partial charge in [0.1, 0.15) is 0 Å². The molecule has 1 rings (SSSR count). The fourth-order valence-electron chi connectivity index (χ4n) is 3.32. The number of unbranched alkanes of at least 4 members (excludes halogenated alkanes) is 8. The largest absolute Gasteiger partial charge is 0.481 e. The maximum absolute atomic E-state index is 11.6. The van der Waals surface area contributed by atoms with E-state index in [2.05, 4.69) is 6.92 Å². The van der Waals surface area contributed by atoms with Gasteiger partial charge in [0.25, 0.3) is 0 Å². The van der Waals surface area contributed by atoms with E-state index in [0.29, 0.717) is 6.61 Å². The molecule has 4 nitrogen and oxygen atoms in total. The van der Waals surface area contributed by atoms with Crippen molar-refractivity contribution in [1.29, 1.82) is 0 Å². The van der Waals surface area contributed by atoms with Gasteiger partial charge in [-0.2, -0.15) is 0 Å². The number of ether oxygens (including phenoxy) is 1. The molecule has 4 heteroatoms. The molecular weight excluding hydrogens is 304 g/mol. The number of allylic oxidation sites excluding steroid dienone is 1. The van der Waals surface area contributed by atoms with Crippen LogP contribution in [0.3, 0.4) is 0 Å². The van der Waals surface area contributed by atoms with Crippen molar-refractivity contribution < 1.29 is 19.4 Å². The topological polar surface area (TPSA) is 63.6 Å². The molecule has 1 fully saturated rings. The van der Waals surface area contributed by atoms with Crippen LogP contribution in [0.4, 0.5) is 0 Å². The second-order valence-corrected chi connectivity index (χ2v) is 7.52. The van der Waals surface area contributed by atoms with Crippen molar-refractivity contribution in [1.82, 2.24) is 0 Å². The van der Waals surface area contributed by atoms with Crippen LogP contribution < -0.4 is 0 Å². The van der Waals surface area contributed by atoms with Crippen LogP contribution in [0, 0.1) is 17.3 Å². The van der Waals surface area contributed by atoms with Gasteiger partial charge in [-0.1, -0.05) is 78.2 Å². The molecule has 1 saturated carbocycles. The summed E-state index contributed by atoms with van der Waals surface area (Å²) in [4.78, 5) is 22.7. The predicted octanol–water partition coefficient (Wildman–Crippen LogP) is 4.97. The molecule has 0 radical (unpaired) electrons. The number of esters is 1. The van der Waals surface area contributed by atoms with Crippen LogP contribution >= 0.6 is 0 Å². The van der Waals surface area contributed by atoms with Crippen LogP contribution in [0.1, 0.15) is 78.6 Å². The van der Waals surface area contributed by atoms with Crippen molar-refractivity contribution in [3.05, 3.63) is 12.2 Å². The zero-order valence-corrected chi connectivity index (χ0v) is 15.6. The van der Waals surface area contributed by atoms with Crippen molar-refractivity contribution in [3.63, 3.8) is 0 Å². The fourth-order valence-corrected chi connectivity index (χ4v) is 3.32. The Morgan fingerprint density at radius 1 is 1.00 bits per heavy atom. The van der Waals surface area contributed by atoms with E-state index in [0.717, 1.165) is 12.8 Å². The molecule has 0 heterocycles.